The van der Waals surface area contributed by atoms with Gasteiger partial charge in [-0.05, 0) is 38.8 Å². The zero-order valence-corrected chi connectivity index (χ0v) is 19.6. The first-order valence-corrected chi connectivity index (χ1v) is 10.9. The number of alkyl halides is 3. The first kappa shape index (κ1) is 25.5. The first-order chi connectivity index (χ1) is 16.8. The van der Waals surface area contributed by atoms with Gasteiger partial charge in [0.05, 0.1) is 16.8 Å². The van der Waals surface area contributed by atoms with Crippen molar-refractivity contribution in [2.75, 3.05) is 5.01 Å². The van der Waals surface area contributed by atoms with Crippen LogP contribution in [0, 0.1) is 37.1 Å². The second kappa shape index (κ2) is 8.79. The van der Waals surface area contributed by atoms with Crippen molar-refractivity contribution >= 4 is 34.3 Å². The van der Waals surface area contributed by atoms with Crippen molar-refractivity contribution in [2.45, 2.75) is 46.8 Å². The zero-order chi connectivity index (χ0) is 26.7. The van der Waals surface area contributed by atoms with Crippen molar-refractivity contribution in [1.29, 1.82) is 0 Å². The number of halogens is 7. The van der Waals surface area contributed by atoms with E-state index in [0.717, 1.165) is 28.6 Å². The SMILES string of the molecule is CCCn1c(C)c(/C=C2/C(=O)N(c3c(F)c(F)c(C(F)(F)F)c(F)c3F)N=C2C)c2cccc(C)c21. The van der Waals surface area contributed by atoms with E-state index in [4.69, 9.17) is 0 Å². The fourth-order valence-electron chi connectivity index (χ4n) is 4.46. The number of benzene rings is 2. The normalized spacial score (nSPS) is 15.5. The van der Waals surface area contributed by atoms with Crippen LogP contribution >= 0.6 is 0 Å². The number of hydrogen-bond donors (Lipinski definition) is 0. The summed E-state index contributed by atoms with van der Waals surface area (Å²) < 4.78 is 98.4. The standard InChI is InChI=1S/C25H20F7N3O/c1-5-9-34-13(4)16(14-8-6-7-11(2)22(14)34)10-15-12(3)33-35(24(15)36)23-20(28)18(26)17(25(30,31)32)19(27)21(23)29/h6-8,10H,5,9H2,1-4H3/b15-10+. The number of hydrogen-bond acceptors (Lipinski definition) is 2. The highest BCUT2D eigenvalue weighted by Gasteiger charge is 2.45. The summed E-state index contributed by atoms with van der Waals surface area (Å²) in [5.41, 5.74) is -1.20. The van der Waals surface area contributed by atoms with Crippen molar-refractivity contribution in [3.63, 3.8) is 0 Å². The Bertz CT molecular complexity index is 1450. The Morgan fingerprint density at radius 1 is 0.972 bits per heavy atom. The largest absolute Gasteiger partial charge is 0.422 e. The van der Waals surface area contributed by atoms with Crippen LogP contribution in [0.2, 0.25) is 0 Å². The Hall–Kier alpha value is -3.63. The van der Waals surface area contributed by atoms with Crippen LogP contribution < -0.4 is 5.01 Å². The lowest BCUT2D eigenvalue weighted by Crippen LogP contribution is -2.26. The lowest BCUT2D eigenvalue weighted by atomic mass is 10.0. The molecule has 11 heteroatoms. The second-order valence-electron chi connectivity index (χ2n) is 8.46. The number of para-hydroxylation sites is 1. The van der Waals surface area contributed by atoms with Gasteiger partial charge in [-0.25, -0.2) is 17.6 Å². The van der Waals surface area contributed by atoms with E-state index in [-0.39, 0.29) is 16.3 Å². The molecular weight excluding hydrogens is 491 g/mol. The van der Waals surface area contributed by atoms with Crippen molar-refractivity contribution in [3.8, 4) is 0 Å². The van der Waals surface area contributed by atoms with Crippen LogP contribution in [0.5, 0.6) is 0 Å². The lowest BCUT2D eigenvalue weighted by Gasteiger charge is -2.18. The highest BCUT2D eigenvalue weighted by atomic mass is 19.4. The third-order valence-electron chi connectivity index (χ3n) is 6.13. The third kappa shape index (κ3) is 3.77. The molecule has 0 saturated carbocycles. The molecule has 36 heavy (non-hydrogen) atoms. The Balaban J connectivity index is 1.88. The average Bonchev–Trinajstić information content (AvgIpc) is 3.21. The summed E-state index contributed by atoms with van der Waals surface area (Å²) in [7, 11) is 0. The number of aromatic nitrogens is 1. The van der Waals surface area contributed by atoms with Gasteiger partial charge in [-0.3, -0.25) is 4.79 Å². The molecule has 1 aliphatic heterocycles. The number of nitrogens with zero attached hydrogens (tertiary/aromatic N) is 3. The van der Waals surface area contributed by atoms with E-state index in [1.54, 1.807) is 0 Å². The molecule has 1 aliphatic rings. The summed E-state index contributed by atoms with van der Waals surface area (Å²) in [4.78, 5) is 13.1. The van der Waals surface area contributed by atoms with Gasteiger partial charge in [-0.15, -0.1) is 0 Å². The fourth-order valence-corrected chi connectivity index (χ4v) is 4.46. The Morgan fingerprint density at radius 2 is 1.58 bits per heavy atom. The van der Waals surface area contributed by atoms with E-state index in [1.807, 2.05) is 39.0 Å². The topological polar surface area (TPSA) is 37.6 Å². The monoisotopic (exact) mass is 511 g/mol. The molecule has 0 N–H and O–H groups in total. The van der Waals surface area contributed by atoms with E-state index < -0.39 is 46.6 Å². The van der Waals surface area contributed by atoms with Crippen LogP contribution in [-0.4, -0.2) is 16.2 Å². The van der Waals surface area contributed by atoms with Crippen LogP contribution in [0.1, 0.15) is 42.7 Å². The molecule has 3 aromatic rings. The van der Waals surface area contributed by atoms with Gasteiger partial charge in [0.1, 0.15) is 11.3 Å². The molecule has 2 heterocycles. The van der Waals surface area contributed by atoms with Gasteiger partial charge in [0.25, 0.3) is 5.91 Å². The molecule has 1 amide bonds. The van der Waals surface area contributed by atoms with Crippen molar-refractivity contribution < 1.29 is 35.5 Å². The first-order valence-electron chi connectivity index (χ1n) is 10.9. The third-order valence-corrected chi connectivity index (χ3v) is 6.13. The highest BCUT2D eigenvalue weighted by molar-refractivity contribution is 6.32. The lowest BCUT2D eigenvalue weighted by molar-refractivity contribution is -0.143. The van der Waals surface area contributed by atoms with Crippen molar-refractivity contribution in [1.82, 2.24) is 4.57 Å². The Morgan fingerprint density at radius 3 is 2.14 bits per heavy atom. The predicted molar refractivity (Wildman–Crippen MR) is 122 cm³/mol. The van der Waals surface area contributed by atoms with Gasteiger partial charge >= 0.3 is 6.18 Å². The van der Waals surface area contributed by atoms with Crippen molar-refractivity contribution in [3.05, 3.63) is 69.4 Å². The molecule has 0 radical (unpaired) electrons. The summed E-state index contributed by atoms with van der Waals surface area (Å²) in [5, 5.41) is 4.56. The predicted octanol–water partition coefficient (Wildman–Crippen LogP) is 7.05. The maximum absolute atomic E-state index is 14.6. The van der Waals surface area contributed by atoms with E-state index in [2.05, 4.69) is 9.67 Å². The Labute approximate surface area is 201 Å². The number of carbonyl (C=O) groups is 1. The van der Waals surface area contributed by atoms with Gasteiger partial charge in [0.15, 0.2) is 23.3 Å². The van der Waals surface area contributed by atoms with Gasteiger partial charge in [-0.2, -0.15) is 23.3 Å². The number of carbonyl (C=O) groups excluding carboxylic acids is 1. The summed E-state index contributed by atoms with van der Waals surface area (Å²) >= 11 is 0. The minimum atomic E-state index is -5.70. The molecule has 0 bridgehead atoms. The molecule has 190 valence electrons. The molecule has 0 spiro atoms. The molecule has 1 aromatic heterocycles. The number of aryl methyl sites for hydroxylation is 2. The summed E-state index contributed by atoms with van der Waals surface area (Å²) in [6.07, 6.45) is -3.42. The van der Waals surface area contributed by atoms with Crippen molar-refractivity contribution in [2.24, 2.45) is 5.10 Å². The van der Waals surface area contributed by atoms with Gasteiger partial charge in [0, 0.05) is 23.2 Å². The number of amides is 1. The fraction of sp³-hybridized carbons (Fsp3) is 0.280. The quantitative estimate of drug-likeness (QED) is 0.210. The summed E-state index contributed by atoms with van der Waals surface area (Å²) in [6, 6.07) is 5.61. The minimum absolute atomic E-state index is 0.0389. The molecule has 4 nitrogen and oxygen atoms in total. The molecule has 0 saturated heterocycles. The van der Waals surface area contributed by atoms with Gasteiger partial charge < -0.3 is 4.57 Å². The van der Waals surface area contributed by atoms with Gasteiger partial charge in [-0.1, -0.05) is 25.1 Å². The summed E-state index contributed by atoms with van der Waals surface area (Å²) in [6.45, 7) is 7.79. The minimum Gasteiger partial charge on any atom is -0.344 e. The van der Waals surface area contributed by atoms with E-state index in [0.29, 0.717) is 12.1 Å². The van der Waals surface area contributed by atoms with Crippen LogP contribution in [0.25, 0.3) is 17.0 Å². The molecule has 0 fully saturated rings. The highest BCUT2D eigenvalue weighted by Crippen LogP contribution is 2.41. The molecular formula is C25H20F7N3O. The maximum atomic E-state index is 14.6. The number of hydrazone groups is 1. The molecule has 0 unspecified atom stereocenters. The number of fused-ring (bicyclic) bond motifs is 1. The number of rotatable bonds is 4. The molecule has 2 aromatic carbocycles. The van der Waals surface area contributed by atoms with E-state index >= 15 is 0 Å². The Kier molecular flexibility index (Phi) is 6.22. The molecule has 0 aliphatic carbocycles. The van der Waals surface area contributed by atoms with E-state index in [1.165, 1.54) is 13.0 Å². The summed E-state index contributed by atoms with van der Waals surface area (Å²) in [5.74, 6) is -11.2. The van der Waals surface area contributed by atoms with E-state index in [9.17, 15) is 35.5 Å². The average molecular weight is 511 g/mol. The van der Waals surface area contributed by atoms with Crippen LogP contribution in [0.4, 0.5) is 36.4 Å². The van der Waals surface area contributed by atoms with Crippen LogP contribution in [0.3, 0.4) is 0 Å². The maximum Gasteiger partial charge on any atom is 0.422 e. The molecule has 4 rings (SSSR count). The van der Waals surface area contributed by atoms with Gasteiger partial charge in [0.2, 0.25) is 0 Å². The van der Waals surface area contributed by atoms with Crippen LogP contribution in [0.15, 0.2) is 28.9 Å². The zero-order valence-electron chi connectivity index (χ0n) is 19.6. The molecule has 0 atom stereocenters. The second-order valence-corrected chi connectivity index (χ2v) is 8.46. The smallest absolute Gasteiger partial charge is 0.344 e. The number of anilines is 1. The van der Waals surface area contributed by atoms with Crippen LogP contribution in [-0.2, 0) is 17.5 Å².